The summed E-state index contributed by atoms with van der Waals surface area (Å²) in [5.41, 5.74) is 3.45. The molecule has 184 valence electrons. The number of likely N-dealkylation sites (tertiary alicyclic amines) is 1. The van der Waals surface area contributed by atoms with Crippen LogP contribution in [0.25, 0.3) is 11.1 Å². The van der Waals surface area contributed by atoms with Crippen LogP contribution < -0.4 is 5.32 Å². The van der Waals surface area contributed by atoms with Gasteiger partial charge in [-0.05, 0) is 62.4 Å². The molecule has 1 aliphatic rings. The first-order chi connectivity index (χ1) is 16.6. The number of piperidine rings is 1. The molecule has 0 bridgehead atoms. The van der Waals surface area contributed by atoms with E-state index in [9.17, 15) is 18.0 Å². The molecule has 1 aromatic carbocycles. The zero-order chi connectivity index (χ0) is 25.2. The van der Waals surface area contributed by atoms with Crippen LogP contribution >= 0.6 is 0 Å². The molecule has 35 heavy (non-hydrogen) atoms. The predicted molar refractivity (Wildman–Crippen MR) is 130 cm³/mol. The summed E-state index contributed by atoms with van der Waals surface area (Å²) in [5.74, 6) is 0.525. The summed E-state index contributed by atoms with van der Waals surface area (Å²) in [6.07, 6.45) is 0.0501. The van der Waals surface area contributed by atoms with Crippen molar-refractivity contribution in [3.05, 3.63) is 77.2 Å². The lowest BCUT2D eigenvalue weighted by Crippen LogP contribution is -2.51. The molecule has 1 N–H and O–H groups in total. The molecule has 0 aliphatic carbocycles. The Morgan fingerprint density at radius 3 is 2.54 bits per heavy atom. The van der Waals surface area contributed by atoms with Crippen molar-refractivity contribution in [3.8, 4) is 11.1 Å². The second-order valence-electron chi connectivity index (χ2n) is 9.23. The number of benzene rings is 1. The van der Waals surface area contributed by atoms with Crippen molar-refractivity contribution in [2.75, 3.05) is 18.4 Å². The zero-order valence-corrected chi connectivity index (χ0v) is 20.1. The van der Waals surface area contributed by atoms with Gasteiger partial charge in [-0.2, -0.15) is 13.2 Å². The molecule has 2 aromatic heterocycles. The molecule has 3 aromatic rings. The molecular formula is C27H29F3N4O. The first-order valence-corrected chi connectivity index (χ1v) is 11.8. The second kappa shape index (κ2) is 10.1. The van der Waals surface area contributed by atoms with Gasteiger partial charge in [0, 0.05) is 42.3 Å². The van der Waals surface area contributed by atoms with Crippen molar-refractivity contribution in [1.29, 1.82) is 0 Å². The molecule has 4 rings (SSSR count). The molecule has 5 nitrogen and oxygen atoms in total. The number of alkyl halides is 3. The number of anilines is 1. The average Bonchev–Trinajstić information content (AvgIpc) is 2.83. The standard InChI is InChI=1S/C27H29F3N4O/c1-17-6-10-22(20-8-7-19(3)31-14-20)23(13-17)26(35)34-12-4-5-18(2)24(34)16-33-25-11-9-21(15-32-25)27(28,29)30/h6-11,13-15,18,24H,4-5,12,16H2,1-3H3,(H,32,33)/t18-,24-/m0/s1. The number of nitrogens with one attached hydrogen (secondary N) is 1. The third-order valence-electron chi connectivity index (χ3n) is 6.59. The quantitative estimate of drug-likeness (QED) is 0.475. The van der Waals surface area contributed by atoms with Crippen molar-refractivity contribution in [1.82, 2.24) is 14.9 Å². The molecule has 0 saturated carbocycles. The molecule has 1 aliphatic heterocycles. The minimum atomic E-state index is -4.43. The van der Waals surface area contributed by atoms with Gasteiger partial charge in [-0.15, -0.1) is 0 Å². The number of halogens is 3. The van der Waals surface area contributed by atoms with Gasteiger partial charge >= 0.3 is 6.18 Å². The molecule has 8 heteroatoms. The number of aromatic nitrogens is 2. The lowest BCUT2D eigenvalue weighted by molar-refractivity contribution is -0.137. The van der Waals surface area contributed by atoms with E-state index in [4.69, 9.17) is 0 Å². The summed E-state index contributed by atoms with van der Waals surface area (Å²) in [6, 6.07) is 12.0. The first kappa shape index (κ1) is 24.7. The molecular weight excluding hydrogens is 453 g/mol. The highest BCUT2D eigenvalue weighted by atomic mass is 19.4. The van der Waals surface area contributed by atoms with E-state index in [1.54, 1.807) is 6.20 Å². The Hall–Kier alpha value is -3.42. The average molecular weight is 483 g/mol. The molecule has 2 atom stereocenters. The van der Waals surface area contributed by atoms with E-state index < -0.39 is 11.7 Å². The topological polar surface area (TPSA) is 58.1 Å². The zero-order valence-electron chi connectivity index (χ0n) is 20.1. The molecule has 0 radical (unpaired) electrons. The summed E-state index contributed by atoms with van der Waals surface area (Å²) in [6.45, 7) is 7.01. The van der Waals surface area contributed by atoms with E-state index in [0.29, 0.717) is 24.5 Å². The van der Waals surface area contributed by atoms with Crippen LogP contribution in [-0.4, -0.2) is 39.9 Å². The lowest BCUT2D eigenvalue weighted by Gasteiger charge is -2.40. The van der Waals surface area contributed by atoms with E-state index in [-0.39, 0.29) is 17.9 Å². The van der Waals surface area contributed by atoms with Crippen LogP contribution in [-0.2, 0) is 6.18 Å². The Labute approximate surface area is 203 Å². The van der Waals surface area contributed by atoms with Crippen molar-refractivity contribution in [3.63, 3.8) is 0 Å². The lowest BCUT2D eigenvalue weighted by atomic mass is 9.89. The summed E-state index contributed by atoms with van der Waals surface area (Å²) in [5, 5.41) is 3.14. The molecule has 3 heterocycles. The Morgan fingerprint density at radius 2 is 1.89 bits per heavy atom. The van der Waals surface area contributed by atoms with E-state index in [2.05, 4.69) is 22.2 Å². The number of rotatable bonds is 5. The molecule has 1 saturated heterocycles. The van der Waals surface area contributed by atoms with Crippen LogP contribution in [0.4, 0.5) is 19.0 Å². The fraction of sp³-hybridized carbons (Fsp3) is 0.370. The SMILES string of the molecule is Cc1ccc(-c2ccc(C)nc2)c(C(=O)N2CCC[C@H](C)[C@@H]2CNc2ccc(C(F)(F)F)cn2)c1. The third-order valence-corrected chi connectivity index (χ3v) is 6.59. The van der Waals surface area contributed by atoms with Crippen LogP contribution in [0.1, 0.15) is 46.9 Å². The molecule has 1 amide bonds. The Morgan fingerprint density at radius 1 is 1.09 bits per heavy atom. The van der Waals surface area contributed by atoms with Crippen LogP contribution in [0.3, 0.4) is 0 Å². The number of hydrogen-bond donors (Lipinski definition) is 1. The van der Waals surface area contributed by atoms with Crippen molar-refractivity contribution in [2.24, 2.45) is 5.92 Å². The maximum atomic E-state index is 13.9. The number of aryl methyl sites for hydroxylation is 2. The van der Waals surface area contributed by atoms with Gasteiger partial charge in [0.2, 0.25) is 0 Å². The van der Waals surface area contributed by atoms with Crippen molar-refractivity contribution in [2.45, 2.75) is 45.8 Å². The highest BCUT2D eigenvalue weighted by molar-refractivity contribution is 6.01. The number of carbonyl (C=O) groups is 1. The highest BCUT2D eigenvalue weighted by Gasteiger charge is 2.34. The third kappa shape index (κ3) is 5.63. The van der Waals surface area contributed by atoms with Gasteiger partial charge in [-0.25, -0.2) is 4.98 Å². The summed E-state index contributed by atoms with van der Waals surface area (Å²) >= 11 is 0. The van der Waals surface area contributed by atoms with Crippen LogP contribution in [0.15, 0.2) is 54.9 Å². The number of pyridine rings is 2. The minimum absolute atomic E-state index is 0.0528. The molecule has 0 spiro atoms. The smallest absolute Gasteiger partial charge is 0.368 e. The van der Waals surface area contributed by atoms with Crippen molar-refractivity contribution < 1.29 is 18.0 Å². The first-order valence-electron chi connectivity index (χ1n) is 11.8. The summed E-state index contributed by atoms with van der Waals surface area (Å²) in [7, 11) is 0. The number of carbonyl (C=O) groups excluding carboxylic acids is 1. The van der Waals surface area contributed by atoms with E-state index in [1.807, 2.05) is 49.1 Å². The van der Waals surface area contributed by atoms with Gasteiger partial charge in [0.1, 0.15) is 5.82 Å². The Bertz CT molecular complexity index is 1180. The molecule has 1 fully saturated rings. The van der Waals surface area contributed by atoms with Crippen LogP contribution in [0, 0.1) is 19.8 Å². The predicted octanol–water partition coefficient (Wildman–Crippen LogP) is 6.13. The fourth-order valence-electron chi connectivity index (χ4n) is 4.56. The van der Waals surface area contributed by atoms with Gasteiger partial charge in [0.15, 0.2) is 0 Å². The fourth-order valence-corrected chi connectivity index (χ4v) is 4.56. The summed E-state index contributed by atoms with van der Waals surface area (Å²) in [4.78, 5) is 24.1. The highest BCUT2D eigenvalue weighted by Crippen LogP contribution is 2.31. The minimum Gasteiger partial charge on any atom is -0.368 e. The van der Waals surface area contributed by atoms with Gasteiger partial charge in [-0.3, -0.25) is 9.78 Å². The maximum absolute atomic E-state index is 13.9. The molecule has 0 unspecified atom stereocenters. The number of nitrogens with zero attached hydrogens (tertiary/aromatic N) is 3. The van der Waals surface area contributed by atoms with Crippen LogP contribution in [0.5, 0.6) is 0 Å². The van der Waals surface area contributed by atoms with Crippen LogP contribution in [0.2, 0.25) is 0 Å². The monoisotopic (exact) mass is 482 g/mol. The normalized spacial score (nSPS) is 18.4. The number of hydrogen-bond acceptors (Lipinski definition) is 4. The maximum Gasteiger partial charge on any atom is 0.417 e. The van der Waals surface area contributed by atoms with Gasteiger partial charge in [-0.1, -0.05) is 30.7 Å². The van der Waals surface area contributed by atoms with E-state index >= 15 is 0 Å². The Balaban J connectivity index is 1.58. The number of amides is 1. The van der Waals surface area contributed by atoms with Gasteiger partial charge in [0.05, 0.1) is 11.6 Å². The Kier molecular flexibility index (Phi) is 7.10. The van der Waals surface area contributed by atoms with E-state index in [1.165, 1.54) is 6.07 Å². The van der Waals surface area contributed by atoms with Gasteiger partial charge in [0.25, 0.3) is 5.91 Å². The van der Waals surface area contributed by atoms with E-state index in [0.717, 1.165) is 47.5 Å². The van der Waals surface area contributed by atoms with Crippen molar-refractivity contribution >= 4 is 11.7 Å². The second-order valence-corrected chi connectivity index (χ2v) is 9.23. The largest absolute Gasteiger partial charge is 0.417 e. The summed E-state index contributed by atoms with van der Waals surface area (Å²) < 4.78 is 38.5. The van der Waals surface area contributed by atoms with Gasteiger partial charge < -0.3 is 10.2 Å².